The van der Waals surface area contributed by atoms with Gasteiger partial charge in [-0.25, -0.2) is 8.42 Å². The van der Waals surface area contributed by atoms with Crippen LogP contribution in [0.25, 0.3) is 0 Å². The number of sulfonamides is 1. The third kappa shape index (κ3) is 8.55. The Morgan fingerprint density at radius 1 is 0.767 bits per heavy atom. The molecule has 0 fully saturated rings. The maximum atomic E-state index is 14.4. The van der Waals surface area contributed by atoms with Crippen LogP contribution < -0.4 is 9.62 Å². The van der Waals surface area contributed by atoms with Gasteiger partial charge in [-0.15, -0.1) is 0 Å². The highest BCUT2D eigenvalue weighted by Crippen LogP contribution is 2.25. The summed E-state index contributed by atoms with van der Waals surface area (Å²) in [6.45, 7) is 4.13. The van der Waals surface area contributed by atoms with Crippen LogP contribution in [-0.2, 0) is 32.6 Å². The van der Waals surface area contributed by atoms with Gasteiger partial charge >= 0.3 is 0 Å². The molecule has 4 aromatic carbocycles. The molecule has 4 aromatic rings. The molecular weight excluding hydrogens is 558 g/mol. The zero-order valence-corrected chi connectivity index (χ0v) is 25.5. The molecular formula is C35H39N3O4S. The fourth-order valence-electron chi connectivity index (χ4n) is 4.80. The van der Waals surface area contributed by atoms with Crippen LogP contribution >= 0.6 is 0 Å². The fourth-order valence-corrected chi connectivity index (χ4v) is 6.23. The number of amides is 2. The van der Waals surface area contributed by atoms with Crippen molar-refractivity contribution in [2.75, 3.05) is 17.4 Å². The average molecular weight is 598 g/mol. The van der Waals surface area contributed by atoms with Crippen molar-refractivity contribution in [3.05, 3.63) is 132 Å². The van der Waals surface area contributed by atoms with Gasteiger partial charge in [0.15, 0.2) is 0 Å². The van der Waals surface area contributed by atoms with Crippen LogP contribution in [0.1, 0.15) is 36.5 Å². The average Bonchev–Trinajstić information content (AvgIpc) is 3.03. The Morgan fingerprint density at radius 2 is 1.33 bits per heavy atom. The fraction of sp³-hybridized carbons (Fsp3) is 0.257. The summed E-state index contributed by atoms with van der Waals surface area (Å²) in [6, 6.07) is 33.2. The Morgan fingerprint density at radius 3 is 1.91 bits per heavy atom. The first kappa shape index (κ1) is 31.5. The minimum atomic E-state index is -4.11. The van der Waals surface area contributed by atoms with E-state index < -0.39 is 28.5 Å². The highest BCUT2D eigenvalue weighted by molar-refractivity contribution is 7.92. The quantitative estimate of drug-likeness (QED) is 0.188. The van der Waals surface area contributed by atoms with E-state index in [0.717, 1.165) is 33.8 Å². The van der Waals surface area contributed by atoms with Gasteiger partial charge in [-0.2, -0.15) is 0 Å². The van der Waals surface area contributed by atoms with Crippen LogP contribution in [0.3, 0.4) is 0 Å². The number of hydrogen-bond donors (Lipinski definition) is 1. The van der Waals surface area contributed by atoms with Gasteiger partial charge in [0.2, 0.25) is 11.8 Å². The van der Waals surface area contributed by atoms with Crippen molar-refractivity contribution in [3.8, 4) is 0 Å². The molecule has 0 radical (unpaired) electrons. The van der Waals surface area contributed by atoms with Crippen LogP contribution in [-0.4, -0.2) is 44.3 Å². The predicted octanol–water partition coefficient (Wildman–Crippen LogP) is 5.75. The summed E-state index contributed by atoms with van der Waals surface area (Å²) in [5.74, 6) is -0.745. The van der Waals surface area contributed by atoms with Crippen molar-refractivity contribution in [1.82, 2.24) is 10.2 Å². The number of unbranched alkanes of at least 4 members (excludes halogenated alkanes) is 1. The first-order valence-corrected chi connectivity index (χ1v) is 16.0. The summed E-state index contributed by atoms with van der Waals surface area (Å²) < 4.78 is 29.1. The number of anilines is 1. The van der Waals surface area contributed by atoms with Crippen LogP contribution in [0.2, 0.25) is 0 Å². The normalized spacial score (nSPS) is 11.9. The van der Waals surface area contributed by atoms with Crippen molar-refractivity contribution in [3.63, 3.8) is 0 Å². The highest BCUT2D eigenvalue weighted by Gasteiger charge is 2.34. The third-order valence-electron chi connectivity index (χ3n) is 7.23. The molecule has 0 aromatic heterocycles. The van der Waals surface area contributed by atoms with Crippen LogP contribution in [0, 0.1) is 6.92 Å². The summed E-state index contributed by atoms with van der Waals surface area (Å²) in [7, 11) is -4.11. The van der Waals surface area contributed by atoms with Gasteiger partial charge < -0.3 is 10.2 Å². The lowest BCUT2D eigenvalue weighted by Gasteiger charge is -2.34. The molecule has 1 atom stereocenters. The number of hydrogen-bond acceptors (Lipinski definition) is 4. The third-order valence-corrected chi connectivity index (χ3v) is 9.02. The van der Waals surface area contributed by atoms with Gasteiger partial charge in [-0.05, 0) is 48.7 Å². The number of nitrogens with one attached hydrogen (secondary N) is 1. The van der Waals surface area contributed by atoms with Crippen molar-refractivity contribution in [2.45, 2.75) is 50.6 Å². The highest BCUT2D eigenvalue weighted by atomic mass is 32.2. The monoisotopic (exact) mass is 597 g/mol. The van der Waals surface area contributed by atoms with Crippen LogP contribution in [0.4, 0.5) is 5.69 Å². The molecule has 0 bridgehead atoms. The number of benzene rings is 4. The maximum Gasteiger partial charge on any atom is 0.264 e. The minimum Gasteiger partial charge on any atom is -0.354 e. The molecule has 0 aliphatic carbocycles. The molecule has 1 N–H and O–H groups in total. The Balaban J connectivity index is 1.76. The molecule has 0 spiro atoms. The maximum absolute atomic E-state index is 14.4. The summed E-state index contributed by atoms with van der Waals surface area (Å²) in [6.07, 6.45) is 2.01. The van der Waals surface area contributed by atoms with Gasteiger partial charge in [-0.1, -0.05) is 110 Å². The van der Waals surface area contributed by atoms with Gasteiger partial charge in [0.05, 0.1) is 10.6 Å². The predicted molar refractivity (Wildman–Crippen MR) is 171 cm³/mol. The summed E-state index contributed by atoms with van der Waals surface area (Å²) in [5.41, 5.74) is 3.07. The lowest BCUT2D eigenvalue weighted by atomic mass is 10.0. The Labute approximate surface area is 255 Å². The van der Waals surface area contributed by atoms with Crippen LogP contribution in [0.15, 0.2) is 120 Å². The van der Waals surface area contributed by atoms with Crippen molar-refractivity contribution >= 4 is 27.5 Å². The second-order valence-corrected chi connectivity index (χ2v) is 12.4. The largest absolute Gasteiger partial charge is 0.354 e. The zero-order valence-electron chi connectivity index (χ0n) is 24.7. The topological polar surface area (TPSA) is 86.8 Å². The Bertz CT molecular complexity index is 1560. The van der Waals surface area contributed by atoms with E-state index in [9.17, 15) is 18.0 Å². The molecule has 4 rings (SSSR count). The van der Waals surface area contributed by atoms with E-state index in [1.807, 2.05) is 86.6 Å². The zero-order chi connectivity index (χ0) is 30.7. The van der Waals surface area contributed by atoms with Crippen molar-refractivity contribution in [1.29, 1.82) is 0 Å². The number of nitrogens with zero attached hydrogens (tertiary/aromatic N) is 2. The molecule has 0 saturated heterocycles. The van der Waals surface area contributed by atoms with E-state index >= 15 is 0 Å². The van der Waals surface area contributed by atoms with Gasteiger partial charge in [0, 0.05) is 19.5 Å². The summed E-state index contributed by atoms with van der Waals surface area (Å²) in [4.78, 5) is 29.7. The molecule has 224 valence electrons. The molecule has 43 heavy (non-hydrogen) atoms. The van der Waals surface area contributed by atoms with E-state index in [1.165, 1.54) is 17.0 Å². The van der Waals surface area contributed by atoms with Gasteiger partial charge in [0.1, 0.15) is 12.6 Å². The Hall–Kier alpha value is -4.43. The molecule has 0 aliphatic rings. The van der Waals surface area contributed by atoms with Crippen molar-refractivity contribution in [2.24, 2.45) is 0 Å². The van der Waals surface area contributed by atoms with E-state index in [2.05, 4.69) is 5.32 Å². The molecule has 0 heterocycles. The molecule has 0 aliphatic heterocycles. The number of carbonyl (C=O) groups is 2. The lowest BCUT2D eigenvalue weighted by Crippen LogP contribution is -2.53. The summed E-state index contributed by atoms with van der Waals surface area (Å²) >= 11 is 0. The number of rotatable bonds is 14. The minimum absolute atomic E-state index is 0.0797. The van der Waals surface area contributed by atoms with Crippen molar-refractivity contribution < 1.29 is 18.0 Å². The lowest BCUT2D eigenvalue weighted by molar-refractivity contribution is -0.140. The number of carbonyl (C=O) groups excluding carboxylic acids is 2. The second-order valence-electron chi connectivity index (χ2n) is 10.5. The second kappa shape index (κ2) is 15.2. The molecule has 2 amide bonds. The first-order chi connectivity index (χ1) is 20.8. The van der Waals surface area contributed by atoms with E-state index in [4.69, 9.17) is 0 Å². The van der Waals surface area contributed by atoms with Crippen LogP contribution in [0.5, 0.6) is 0 Å². The summed E-state index contributed by atoms with van der Waals surface area (Å²) in [5, 5.41) is 3.01. The van der Waals surface area contributed by atoms with E-state index in [1.54, 1.807) is 30.3 Å². The van der Waals surface area contributed by atoms with E-state index in [0.29, 0.717) is 12.2 Å². The molecule has 8 heteroatoms. The molecule has 0 unspecified atom stereocenters. The first-order valence-electron chi connectivity index (χ1n) is 14.6. The smallest absolute Gasteiger partial charge is 0.264 e. The number of aryl methyl sites for hydroxylation is 1. The molecule has 7 nitrogen and oxygen atoms in total. The standard InChI is InChI=1S/C35H39N3O4S/c1-3-4-24-36-35(40)33(25-29-14-8-5-9-15-29)37(26-30-16-10-6-11-17-30)34(39)27-38(31-22-20-28(2)21-23-31)43(41,42)32-18-12-7-13-19-32/h5-23,33H,3-4,24-27H2,1-2H3,(H,36,40)/t33-/m0/s1. The van der Waals surface area contributed by atoms with E-state index in [-0.39, 0.29) is 23.8 Å². The SMILES string of the molecule is CCCCNC(=O)[C@H](Cc1ccccc1)N(Cc1ccccc1)C(=O)CN(c1ccc(C)cc1)S(=O)(=O)c1ccccc1. The molecule has 0 saturated carbocycles. The van der Waals surface area contributed by atoms with Gasteiger partial charge in [0.25, 0.3) is 10.0 Å². The Kier molecular flexibility index (Phi) is 11.1. The van der Waals surface area contributed by atoms with Gasteiger partial charge in [-0.3, -0.25) is 13.9 Å².